The molecule has 1 aliphatic heterocycles. The summed E-state index contributed by atoms with van der Waals surface area (Å²) in [4.78, 5) is 4.11. The maximum absolute atomic E-state index is 11.6. The van der Waals surface area contributed by atoms with Gasteiger partial charge in [-0.2, -0.15) is 0 Å². The Hall–Kier alpha value is -0.820. The van der Waals surface area contributed by atoms with Gasteiger partial charge in [0, 0.05) is 33.2 Å². The summed E-state index contributed by atoms with van der Waals surface area (Å²) in [5.41, 5.74) is 0. The van der Waals surface area contributed by atoms with Crippen molar-refractivity contribution in [3.05, 3.63) is 0 Å². The highest BCUT2D eigenvalue weighted by atomic mass is 32.2. The molecule has 1 saturated heterocycles. The van der Waals surface area contributed by atoms with E-state index in [2.05, 4.69) is 29.5 Å². The SMILES string of the molecule is CN=C(NCCC(C)C)NCCN1CCCS1(=O)=O. The van der Waals surface area contributed by atoms with Gasteiger partial charge in [0.1, 0.15) is 0 Å². The molecule has 0 aromatic carbocycles. The first kappa shape index (κ1) is 16.2. The van der Waals surface area contributed by atoms with Crippen LogP contribution in [0.2, 0.25) is 0 Å². The molecule has 1 fully saturated rings. The maximum Gasteiger partial charge on any atom is 0.214 e. The normalized spacial score (nSPS) is 19.9. The van der Waals surface area contributed by atoms with Crippen molar-refractivity contribution in [3.63, 3.8) is 0 Å². The van der Waals surface area contributed by atoms with Crippen LogP contribution in [0.15, 0.2) is 4.99 Å². The fraction of sp³-hybridized carbons (Fsp3) is 0.917. The van der Waals surface area contributed by atoms with Gasteiger partial charge in [0.25, 0.3) is 0 Å². The summed E-state index contributed by atoms with van der Waals surface area (Å²) in [6, 6.07) is 0. The predicted molar refractivity (Wildman–Crippen MR) is 78.8 cm³/mol. The van der Waals surface area contributed by atoms with Crippen molar-refractivity contribution in [2.45, 2.75) is 26.7 Å². The van der Waals surface area contributed by atoms with Crippen molar-refractivity contribution in [2.75, 3.05) is 39.0 Å². The second kappa shape index (κ2) is 7.69. The van der Waals surface area contributed by atoms with Crippen LogP contribution in [0.4, 0.5) is 0 Å². The minimum absolute atomic E-state index is 0.286. The standard InChI is InChI=1S/C12H26N4O2S/c1-11(2)5-6-14-12(13-3)15-7-9-16-8-4-10-19(16,17)18/h11H,4-10H2,1-3H3,(H2,13,14,15). The zero-order valence-electron chi connectivity index (χ0n) is 12.1. The third-order valence-electron chi connectivity index (χ3n) is 3.09. The number of guanidine groups is 1. The predicted octanol–water partition coefficient (Wildman–Crippen LogP) is 0.233. The lowest BCUT2D eigenvalue weighted by Gasteiger charge is -2.16. The molecule has 0 unspecified atom stereocenters. The fourth-order valence-electron chi connectivity index (χ4n) is 1.94. The lowest BCUT2D eigenvalue weighted by molar-refractivity contribution is 0.444. The van der Waals surface area contributed by atoms with Gasteiger partial charge < -0.3 is 10.6 Å². The van der Waals surface area contributed by atoms with Crippen LogP contribution < -0.4 is 10.6 Å². The molecule has 112 valence electrons. The van der Waals surface area contributed by atoms with Crippen LogP contribution in [0.5, 0.6) is 0 Å². The first-order chi connectivity index (χ1) is 8.95. The highest BCUT2D eigenvalue weighted by Crippen LogP contribution is 2.11. The first-order valence-electron chi connectivity index (χ1n) is 6.88. The molecule has 0 spiro atoms. The summed E-state index contributed by atoms with van der Waals surface area (Å²) in [5.74, 6) is 1.67. The van der Waals surface area contributed by atoms with E-state index in [4.69, 9.17) is 0 Å². The van der Waals surface area contributed by atoms with Gasteiger partial charge in [0.2, 0.25) is 10.0 Å². The van der Waals surface area contributed by atoms with Crippen LogP contribution in [0, 0.1) is 5.92 Å². The van der Waals surface area contributed by atoms with Crippen LogP contribution >= 0.6 is 0 Å². The van der Waals surface area contributed by atoms with Crippen molar-refractivity contribution in [1.82, 2.24) is 14.9 Å². The van der Waals surface area contributed by atoms with Gasteiger partial charge in [-0.3, -0.25) is 4.99 Å². The summed E-state index contributed by atoms with van der Waals surface area (Å²) in [7, 11) is -1.27. The van der Waals surface area contributed by atoms with Crippen LogP contribution in [-0.2, 0) is 10.0 Å². The zero-order chi connectivity index (χ0) is 14.3. The minimum Gasteiger partial charge on any atom is -0.356 e. The third-order valence-corrected chi connectivity index (χ3v) is 5.05. The van der Waals surface area contributed by atoms with E-state index in [0.717, 1.165) is 25.3 Å². The van der Waals surface area contributed by atoms with E-state index in [0.29, 0.717) is 25.6 Å². The van der Waals surface area contributed by atoms with Crippen molar-refractivity contribution < 1.29 is 8.42 Å². The lowest BCUT2D eigenvalue weighted by atomic mass is 10.1. The smallest absolute Gasteiger partial charge is 0.214 e. The van der Waals surface area contributed by atoms with E-state index in [-0.39, 0.29) is 5.75 Å². The molecule has 0 bridgehead atoms. The average molecular weight is 290 g/mol. The number of sulfonamides is 1. The molecule has 2 N–H and O–H groups in total. The molecule has 19 heavy (non-hydrogen) atoms. The van der Waals surface area contributed by atoms with Gasteiger partial charge in [-0.05, 0) is 18.8 Å². The molecule has 0 radical (unpaired) electrons. The Labute approximate surface area is 116 Å². The summed E-state index contributed by atoms with van der Waals surface area (Å²) in [6.07, 6.45) is 1.82. The molecule has 0 saturated carbocycles. The van der Waals surface area contributed by atoms with Crippen LogP contribution in [0.1, 0.15) is 26.7 Å². The monoisotopic (exact) mass is 290 g/mol. The molecule has 6 nitrogen and oxygen atoms in total. The van der Waals surface area contributed by atoms with Crippen molar-refractivity contribution in [1.29, 1.82) is 0 Å². The van der Waals surface area contributed by atoms with Gasteiger partial charge in [-0.15, -0.1) is 0 Å². The zero-order valence-corrected chi connectivity index (χ0v) is 13.0. The third kappa shape index (κ3) is 5.78. The van der Waals surface area contributed by atoms with E-state index in [1.54, 1.807) is 11.4 Å². The van der Waals surface area contributed by atoms with E-state index >= 15 is 0 Å². The fourth-order valence-corrected chi connectivity index (χ4v) is 3.47. The molecule has 0 atom stereocenters. The number of nitrogens with zero attached hydrogens (tertiary/aromatic N) is 2. The minimum atomic E-state index is -2.99. The topological polar surface area (TPSA) is 73.8 Å². The van der Waals surface area contributed by atoms with Gasteiger partial charge in [0.15, 0.2) is 5.96 Å². The quantitative estimate of drug-likeness (QED) is 0.543. The van der Waals surface area contributed by atoms with E-state index in [9.17, 15) is 8.42 Å². The van der Waals surface area contributed by atoms with Crippen LogP contribution in [0.25, 0.3) is 0 Å². The van der Waals surface area contributed by atoms with Gasteiger partial charge in [0.05, 0.1) is 5.75 Å². The largest absolute Gasteiger partial charge is 0.356 e. The Kier molecular flexibility index (Phi) is 6.57. The van der Waals surface area contributed by atoms with Crippen LogP contribution in [-0.4, -0.2) is 57.7 Å². The Bertz CT molecular complexity index is 393. The molecule has 7 heteroatoms. The molecule has 0 aliphatic carbocycles. The molecule has 1 rings (SSSR count). The molecule has 0 aromatic heterocycles. The summed E-state index contributed by atoms with van der Waals surface area (Å²) >= 11 is 0. The average Bonchev–Trinajstić information content (AvgIpc) is 2.66. The number of nitrogens with one attached hydrogen (secondary N) is 2. The van der Waals surface area contributed by atoms with Gasteiger partial charge in [-0.25, -0.2) is 12.7 Å². The van der Waals surface area contributed by atoms with Crippen molar-refractivity contribution in [3.8, 4) is 0 Å². The lowest BCUT2D eigenvalue weighted by Crippen LogP contribution is -2.42. The molecular weight excluding hydrogens is 264 g/mol. The second-order valence-electron chi connectivity index (χ2n) is 5.18. The summed E-state index contributed by atoms with van der Waals surface area (Å²) < 4.78 is 24.8. The molecule has 0 amide bonds. The Balaban J connectivity index is 2.23. The summed E-state index contributed by atoms with van der Waals surface area (Å²) in [6.45, 7) is 6.96. The van der Waals surface area contributed by atoms with Crippen LogP contribution in [0.3, 0.4) is 0 Å². The maximum atomic E-state index is 11.6. The van der Waals surface area contributed by atoms with E-state index in [1.807, 2.05) is 0 Å². The Morgan fingerprint density at radius 3 is 2.53 bits per heavy atom. The molecule has 1 heterocycles. The van der Waals surface area contributed by atoms with Gasteiger partial charge >= 0.3 is 0 Å². The Morgan fingerprint density at radius 1 is 1.32 bits per heavy atom. The van der Waals surface area contributed by atoms with E-state index < -0.39 is 10.0 Å². The van der Waals surface area contributed by atoms with E-state index in [1.165, 1.54) is 0 Å². The highest BCUT2D eigenvalue weighted by Gasteiger charge is 2.27. The molecule has 0 aromatic rings. The number of hydrogen-bond donors (Lipinski definition) is 2. The van der Waals surface area contributed by atoms with Gasteiger partial charge in [-0.1, -0.05) is 13.8 Å². The molecule has 1 aliphatic rings. The molecular formula is C12H26N4O2S. The second-order valence-corrected chi connectivity index (χ2v) is 7.27. The number of aliphatic imine (C=N–C) groups is 1. The van der Waals surface area contributed by atoms with Crippen molar-refractivity contribution in [2.24, 2.45) is 10.9 Å². The van der Waals surface area contributed by atoms with Crippen molar-refractivity contribution >= 4 is 16.0 Å². The number of hydrogen-bond acceptors (Lipinski definition) is 3. The Morgan fingerprint density at radius 2 is 2.00 bits per heavy atom. The first-order valence-corrected chi connectivity index (χ1v) is 8.49. The highest BCUT2D eigenvalue weighted by molar-refractivity contribution is 7.89. The number of rotatable bonds is 6. The summed E-state index contributed by atoms with van der Waals surface area (Å²) in [5, 5.41) is 6.36.